The minimum absolute atomic E-state index is 0.0560. The number of benzene rings is 1. The molecule has 0 aliphatic carbocycles. The summed E-state index contributed by atoms with van der Waals surface area (Å²) in [5.74, 6) is 1.02. The number of aryl methyl sites for hydroxylation is 1. The number of ether oxygens (including phenoxy) is 2. The SMILES string of the molecule is CCCCCCCCc1ccc(-c2noc(C3CN(C(=NC(=O)OC(C)(C)C)NC(=O)OC(C)(C)C)C3)n2)cc1. The van der Waals surface area contributed by atoms with E-state index in [1.54, 1.807) is 46.4 Å². The van der Waals surface area contributed by atoms with Crippen LogP contribution in [-0.2, 0) is 15.9 Å². The Labute approximate surface area is 237 Å². The molecule has 2 heterocycles. The van der Waals surface area contributed by atoms with Gasteiger partial charge >= 0.3 is 12.2 Å². The lowest BCUT2D eigenvalue weighted by molar-refractivity contribution is 0.0547. The van der Waals surface area contributed by atoms with Crippen molar-refractivity contribution in [1.82, 2.24) is 20.4 Å². The van der Waals surface area contributed by atoms with E-state index in [0.29, 0.717) is 24.8 Å². The fourth-order valence-corrected chi connectivity index (χ4v) is 4.20. The molecular weight excluding hydrogens is 510 g/mol. The predicted molar refractivity (Wildman–Crippen MR) is 154 cm³/mol. The number of nitrogens with one attached hydrogen (secondary N) is 1. The third-order valence-electron chi connectivity index (χ3n) is 6.21. The summed E-state index contributed by atoms with van der Waals surface area (Å²) in [6, 6.07) is 8.32. The minimum atomic E-state index is -0.804. The fraction of sp³-hybridized carbons (Fsp3) is 0.633. The number of aromatic nitrogens is 2. The van der Waals surface area contributed by atoms with Crippen molar-refractivity contribution in [1.29, 1.82) is 0 Å². The van der Waals surface area contributed by atoms with Crippen LogP contribution in [0.2, 0.25) is 0 Å². The molecule has 1 aliphatic rings. The Hall–Kier alpha value is -3.43. The average molecular weight is 556 g/mol. The summed E-state index contributed by atoms with van der Waals surface area (Å²) in [5, 5.41) is 6.75. The summed E-state index contributed by atoms with van der Waals surface area (Å²) in [6.45, 7) is 13.6. The number of likely N-dealkylation sites (tertiary alicyclic amines) is 1. The van der Waals surface area contributed by atoms with Crippen molar-refractivity contribution in [2.24, 2.45) is 4.99 Å². The van der Waals surface area contributed by atoms with E-state index in [9.17, 15) is 9.59 Å². The molecule has 40 heavy (non-hydrogen) atoms. The second kappa shape index (κ2) is 13.8. The van der Waals surface area contributed by atoms with E-state index >= 15 is 0 Å². The maximum atomic E-state index is 12.4. The molecule has 1 N–H and O–H groups in total. The topological polar surface area (TPSA) is 119 Å². The number of unbranched alkanes of at least 4 members (excludes halogenated alkanes) is 5. The predicted octanol–water partition coefficient (Wildman–Crippen LogP) is 6.85. The van der Waals surface area contributed by atoms with Crippen molar-refractivity contribution in [3.05, 3.63) is 35.7 Å². The van der Waals surface area contributed by atoms with Crippen molar-refractivity contribution in [2.45, 2.75) is 111 Å². The Bertz CT molecular complexity index is 1140. The molecule has 2 amide bonds. The van der Waals surface area contributed by atoms with Crippen LogP contribution in [0.4, 0.5) is 9.59 Å². The van der Waals surface area contributed by atoms with Gasteiger partial charge < -0.3 is 18.9 Å². The summed E-state index contributed by atoms with van der Waals surface area (Å²) in [7, 11) is 0. The second-order valence-electron chi connectivity index (χ2n) is 12.3. The molecule has 2 aromatic rings. The molecule has 220 valence electrons. The maximum absolute atomic E-state index is 12.4. The molecule has 1 aliphatic heterocycles. The van der Waals surface area contributed by atoms with Gasteiger partial charge in [0.1, 0.15) is 11.2 Å². The van der Waals surface area contributed by atoms with Crippen molar-refractivity contribution >= 4 is 18.1 Å². The zero-order valence-corrected chi connectivity index (χ0v) is 25.1. The van der Waals surface area contributed by atoms with Crippen LogP contribution in [0.5, 0.6) is 0 Å². The van der Waals surface area contributed by atoms with Gasteiger partial charge in [-0.15, -0.1) is 4.99 Å². The fourth-order valence-electron chi connectivity index (χ4n) is 4.20. The minimum Gasteiger partial charge on any atom is -0.444 e. The third-order valence-corrected chi connectivity index (χ3v) is 6.21. The first-order valence-electron chi connectivity index (χ1n) is 14.3. The van der Waals surface area contributed by atoms with Crippen LogP contribution in [0.25, 0.3) is 11.4 Å². The van der Waals surface area contributed by atoms with Crippen LogP contribution < -0.4 is 5.32 Å². The van der Waals surface area contributed by atoms with Crippen LogP contribution in [-0.4, -0.2) is 57.5 Å². The number of hydrogen-bond donors (Lipinski definition) is 1. The van der Waals surface area contributed by atoms with Gasteiger partial charge in [0, 0.05) is 18.7 Å². The lowest BCUT2D eigenvalue weighted by Crippen LogP contribution is -2.55. The van der Waals surface area contributed by atoms with Gasteiger partial charge in [0.05, 0.1) is 5.92 Å². The molecular formula is C30H45N5O5. The highest BCUT2D eigenvalue weighted by atomic mass is 16.6. The van der Waals surface area contributed by atoms with Crippen LogP contribution >= 0.6 is 0 Å². The van der Waals surface area contributed by atoms with Gasteiger partial charge in [-0.3, -0.25) is 5.32 Å². The van der Waals surface area contributed by atoms with Gasteiger partial charge in [-0.05, 0) is 59.9 Å². The summed E-state index contributed by atoms with van der Waals surface area (Å²) in [4.78, 5) is 35.1. The van der Waals surface area contributed by atoms with E-state index in [1.807, 2.05) is 12.1 Å². The molecule has 1 saturated heterocycles. The summed E-state index contributed by atoms with van der Waals surface area (Å²) < 4.78 is 16.2. The lowest BCUT2D eigenvalue weighted by atomic mass is 10.0. The quantitative estimate of drug-likeness (QED) is 0.203. The van der Waals surface area contributed by atoms with E-state index in [2.05, 4.69) is 39.5 Å². The number of alkyl carbamates (subject to hydrolysis) is 1. The summed E-state index contributed by atoms with van der Waals surface area (Å²) in [5.41, 5.74) is 0.788. The number of rotatable bonds is 9. The molecule has 0 unspecified atom stereocenters. The molecule has 0 saturated carbocycles. The van der Waals surface area contributed by atoms with Crippen LogP contribution in [0, 0.1) is 0 Å². The first-order valence-corrected chi connectivity index (χ1v) is 14.3. The summed E-state index contributed by atoms with van der Waals surface area (Å²) in [6.07, 6.45) is 7.26. The number of amides is 2. The average Bonchev–Trinajstić information content (AvgIpc) is 3.28. The van der Waals surface area contributed by atoms with E-state index < -0.39 is 23.4 Å². The van der Waals surface area contributed by atoms with Crippen molar-refractivity contribution in [2.75, 3.05) is 13.1 Å². The monoisotopic (exact) mass is 555 g/mol. The number of carbonyl (C=O) groups is 2. The first-order chi connectivity index (χ1) is 18.8. The van der Waals surface area contributed by atoms with Gasteiger partial charge in [-0.2, -0.15) is 4.98 Å². The normalized spacial score (nSPS) is 14.6. The smallest absolute Gasteiger partial charge is 0.437 e. The molecule has 10 heteroatoms. The van der Waals surface area contributed by atoms with Crippen molar-refractivity contribution in [3.63, 3.8) is 0 Å². The zero-order valence-electron chi connectivity index (χ0n) is 25.1. The van der Waals surface area contributed by atoms with E-state index in [4.69, 9.17) is 14.0 Å². The Morgan fingerprint density at radius 2 is 1.60 bits per heavy atom. The molecule has 1 fully saturated rings. The molecule has 1 aromatic heterocycles. The highest BCUT2D eigenvalue weighted by Gasteiger charge is 2.36. The van der Waals surface area contributed by atoms with Gasteiger partial charge in [0.25, 0.3) is 0 Å². The molecule has 0 spiro atoms. The van der Waals surface area contributed by atoms with Crippen LogP contribution in [0.3, 0.4) is 0 Å². The van der Waals surface area contributed by atoms with Gasteiger partial charge in [0.2, 0.25) is 17.7 Å². The van der Waals surface area contributed by atoms with E-state index in [0.717, 1.165) is 12.0 Å². The number of guanidine groups is 1. The number of carbonyl (C=O) groups excluding carboxylic acids is 2. The molecule has 0 bridgehead atoms. The standard InChI is InChI=1S/C30H45N5O5/c1-8-9-10-11-12-13-14-21-15-17-22(18-16-21)24-31-25(40-34-24)23-19-35(20-23)26(32-27(36)38-29(2,3)4)33-28(37)39-30(5,6)7/h15-18,23H,8-14,19-20H2,1-7H3,(H,32,33,36,37). The second-order valence-corrected chi connectivity index (χ2v) is 12.3. The van der Waals surface area contributed by atoms with Gasteiger partial charge in [-0.25, -0.2) is 9.59 Å². The van der Waals surface area contributed by atoms with Gasteiger partial charge in [-0.1, -0.05) is 68.4 Å². The molecule has 1 aromatic carbocycles. The Morgan fingerprint density at radius 3 is 2.23 bits per heavy atom. The zero-order chi connectivity index (χ0) is 29.3. The highest BCUT2D eigenvalue weighted by molar-refractivity contribution is 5.99. The first kappa shape index (κ1) is 31.1. The van der Waals surface area contributed by atoms with E-state index in [1.165, 1.54) is 44.1 Å². The van der Waals surface area contributed by atoms with Crippen molar-refractivity contribution in [3.8, 4) is 11.4 Å². The summed E-state index contributed by atoms with van der Waals surface area (Å²) >= 11 is 0. The number of nitrogens with zero attached hydrogens (tertiary/aromatic N) is 4. The highest BCUT2D eigenvalue weighted by Crippen LogP contribution is 2.28. The maximum Gasteiger partial charge on any atom is 0.437 e. The number of aliphatic imine (C=N–C) groups is 1. The Morgan fingerprint density at radius 1 is 0.975 bits per heavy atom. The van der Waals surface area contributed by atoms with Crippen molar-refractivity contribution < 1.29 is 23.6 Å². The third kappa shape index (κ3) is 10.3. The molecule has 3 rings (SSSR count). The van der Waals surface area contributed by atoms with Crippen LogP contribution in [0.15, 0.2) is 33.8 Å². The molecule has 0 radical (unpaired) electrons. The number of hydrogen-bond acceptors (Lipinski definition) is 7. The van der Waals surface area contributed by atoms with E-state index in [-0.39, 0.29) is 11.9 Å². The molecule has 10 nitrogen and oxygen atoms in total. The Kier molecular flexibility index (Phi) is 10.7. The van der Waals surface area contributed by atoms with Gasteiger partial charge in [0.15, 0.2) is 0 Å². The van der Waals surface area contributed by atoms with Crippen LogP contribution in [0.1, 0.15) is 104 Å². The Balaban J connectivity index is 1.58. The largest absolute Gasteiger partial charge is 0.444 e. The molecule has 0 atom stereocenters. The lowest BCUT2D eigenvalue weighted by Gasteiger charge is -2.39.